The van der Waals surface area contributed by atoms with E-state index in [9.17, 15) is 14.7 Å². The van der Waals surface area contributed by atoms with Crippen molar-refractivity contribution in [2.45, 2.75) is 27.2 Å². The Hall–Kier alpha value is -2.14. The molecule has 0 saturated heterocycles. The zero-order chi connectivity index (χ0) is 15.6. The first-order valence-electron chi connectivity index (χ1n) is 6.67. The number of rotatable bonds is 4. The van der Waals surface area contributed by atoms with Gasteiger partial charge in [0.2, 0.25) is 0 Å². The van der Waals surface area contributed by atoms with Crippen molar-refractivity contribution in [3.8, 4) is 0 Å². The van der Waals surface area contributed by atoms with Crippen LogP contribution in [-0.2, 0) is 6.42 Å². The van der Waals surface area contributed by atoms with Crippen LogP contribution in [-0.4, -0.2) is 17.0 Å². The molecule has 0 fully saturated rings. The Morgan fingerprint density at radius 3 is 2.57 bits per heavy atom. The van der Waals surface area contributed by atoms with E-state index in [0.717, 1.165) is 16.0 Å². The molecule has 1 aromatic heterocycles. The number of thiophene rings is 1. The van der Waals surface area contributed by atoms with Crippen LogP contribution in [0.1, 0.15) is 43.6 Å². The van der Waals surface area contributed by atoms with Crippen LogP contribution in [0.3, 0.4) is 0 Å². The van der Waals surface area contributed by atoms with E-state index in [4.69, 9.17) is 0 Å². The fourth-order valence-corrected chi connectivity index (χ4v) is 3.41. The lowest BCUT2D eigenvalue weighted by Gasteiger charge is -2.06. The van der Waals surface area contributed by atoms with Crippen LogP contribution in [0, 0.1) is 13.8 Å². The quantitative estimate of drug-likeness (QED) is 0.900. The Balaban J connectivity index is 2.36. The van der Waals surface area contributed by atoms with Crippen LogP contribution in [0.25, 0.3) is 0 Å². The van der Waals surface area contributed by atoms with Gasteiger partial charge in [0.1, 0.15) is 5.00 Å². The second-order valence-electron chi connectivity index (χ2n) is 4.82. The Kier molecular flexibility index (Phi) is 4.43. The minimum atomic E-state index is -1.00. The molecule has 110 valence electrons. The summed E-state index contributed by atoms with van der Waals surface area (Å²) in [5.41, 5.74) is 2.50. The number of carbonyl (C=O) groups is 2. The van der Waals surface area contributed by atoms with Crippen molar-refractivity contribution in [2.75, 3.05) is 5.32 Å². The summed E-state index contributed by atoms with van der Waals surface area (Å²) in [4.78, 5) is 24.6. The number of hydrogen-bond acceptors (Lipinski definition) is 3. The molecule has 0 atom stereocenters. The summed E-state index contributed by atoms with van der Waals surface area (Å²) in [5, 5.41) is 12.5. The van der Waals surface area contributed by atoms with E-state index in [2.05, 4.69) is 5.32 Å². The van der Waals surface area contributed by atoms with Crippen molar-refractivity contribution in [2.24, 2.45) is 0 Å². The third-order valence-electron chi connectivity index (χ3n) is 3.28. The third-order valence-corrected chi connectivity index (χ3v) is 4.35. The molecule has 1 aromatic carbocycles. The Morgan fingerprint density at radius 1 is 1.29 bits per heavy atom. The second kappa shape index (κ2) is 6.10. The summed E-state index contributed by atoms with van der Waals surface area (Å²) in [6, 6.07) is 7.20. The summed E-state index contributed by atoms with van der Waals surface area (Å²) in [6.45, 7) is 5.69. The molecule has 1 amide bonds. The Labute approximate surface area is 127 Å². The fourth-order valence-electron chi connectivity index (χ4n) is 2.28. The maximum absolute atomic E-state index is 12.3. The number of carboxylic acids is 1. The normalized spacial score (nSPS) is 10.4. The molecule has 2 rings (SSSR count). The minimum absolute atomic E-state index is 0.209. The molecule has 0 aliphatic carbocycles. The number of anilines is 1. The first-order valence-corrected chi connectivity index (χ1v) is 7.49. The molecule has 5 heteroatoms. The van der Waals surface area contributed by atoms with E-state index in [1.807, 2.05) is 26.8 Å². The van der Waals surface area contributed by atoms with E-state index in [-0.39, 0.29) is 11.5 Å². The zero-order valence-electron chi connectivity index (χ0n) is 12.2. The van der Waals surface area contributed by atoms with Crippen molar-refractivity contribution < 1.29 is 14.7 Å². The molecule has 2 aromatic rings. The van der Waals surface area contributed by atoms with Gasteiger partial charge in [-0.25, -0.2) is 4.79 Å². The van der Waals surface area contributed by atoms with Gasteiger partial charge in [0.05, 0.1) is 5.56 Å². The lowest BCUT2D eigenvalue weighted by atomic mass is 10.1. The molecule has 0 unspecified atom stereocenters. The molecule has 1 heterocycles. The number of nitrogens with one attached hydrogen (secondary N) is 1. The first-order chi connectivity index (χ1) is 9.93. The lowest BCUT2D eigenvalue weighted by Crippen LogP contribution is -2.14. The average Bonchev–Trinajstić information content (AvgIpc) is 2.74. The van der Waals surface area contributed by atoms with Crippen molar-refractivity contribution in [3.63, 3.8) is 0 Å². The number of aromatic carboxylic acids is 1. The van der Waals surface area contributed by atoms with E-state index < -0.39 is 5.97 Å². The maximum atomic E-state index is 12.3. The molecular weight excluding hydrogens is 286 g/mol. The summed E-state index contributed by atoms with van der Waals surface area (Å²) in [5.74, 6) is -1.29. The van der Waals surface area contributed by atoms with Crippen LogP contribution < -0.4 is 5.32 Å². The van der Waals surface area contributed by atoms with Gasteiger partial charge in [-0.2, -0.15) is 0 Å². The highest BCUT2D eigenvalue weighted by Gasteiger charge is 2.22. The molecule has 0 radical (unpaired) electrons. The first kappa shape index (κ1) is 15.3. The predicted molar refractivity (Wildman–Crippen MR) is 84.5 cm³/mol. The average molecular weight is 303 g/mol. The smallest absolute Gasteiger partial charge is 0.339 e. The van der Waals surface area contributed by atoms with Crippen molar-refractivity contribution in [1.29, 1.82) is 0 Å². The topological polar surface area (TPSA) is 66.4 Å². The Bertz CT molecular complexity index is 704. The molecule has 2 N–H and O–H groups in total. The summed E-state index contributed by atoms with van der Waals surface area (Å²) in [7, 11) is 0. The summed E-state index contributed by atoms with van der Waals surface area (Å²) in [6.07, 6.45) is 0.629. The number of carboxylic acid groups (broad SMARTS) is 1. The van der Waals surface area contributed by atoms with E-state index in [1.165, 1.54) is 11.3 Å². The molecule has 21 heavy (non-hydrogen) atoms. The van der Waals surface area contributed by atoms with Gasteiger partial charge in [0, 0.05) is 10.4 Å². The van der Waals surface area contributed by atoms with Gasteiger partial charge >= 0.3 is 5.97 Å². The molecule has 4 nitrogen and oxygen atoms in total. The van der Waals surface area contributed by atoms with Crippen LogP contribution >= 0.6 is 11.3 Å². The fraction of sp³-hybridized carbons (Fsp3) is 0.250. The zero-order valence-corrected chi connectivity index (χ0v) is 13.0. The van der Waals surface area contributed by atoms with Gasteiger partial charge < -0.3 is 10.4 Å². The second-order valence-corrected chi connectivity index (χ2v) is 6.05. The van der Waals surface area contributed by atoms with Gasteiger partial charge in [-0.05, 0) is 38.0 Å². The van der Waals surface area contributed by atoms with Gasteiger partial charge in [-0.15, -0.1) is 11.3 Å². The molecule has 0 aliphatic heterocycles. The highest BCUT2D eigenvalue weighted by atomic mass is 32.1. The number of hydrogen-bond donors (Lipinski definition) is 2. The van der Waals surface area contributed by atoms with Crippen molar-refractivity contribution in [1.82, 2.24) is 0 Å². The predicted octanol–water partition coefficient (Wildman–Crippen LogP) is 3.88. The van der Waals surface area contributed by atoms with Crippen LogP contribution in [0.15, 0.2) is 24.3 Å². The van der Waals surface area contributed by atoms with Gasteiger partial charge in [0.15, 0.2) is 0 Å². The number of benzene rings is 1. The molecule has 0 spiro atoms. The van der Waals surface area contributed by atoms with Crippen LogP contribution in [0.2, 0.25) is 0 Å². The molecule has 0 bridgehead atoms. The third kappa shape index (κ3) is 3.13. The van der Waals surface area contributed by atoms with Gasteiger partial charge in [-0.1, -0.05) is 24.6 Å². The SMILES string of the molecule is CCc1c(C)sc(NC(=O)c2cccc(C)c2)c1C(=O)O. The molecular formula is C16H17NO3S. The maximum Gasteiger partial charge on any atom is 0.339 e. The number of carbonyl (C=O) groups excluding carboxylic acids is 1. The lowest BCUT2D eigenvalue weighted by molar-refractivity contribution is 0.0697. The van der Waals surface area contributed by atoms with Crippen molar-refractivity contribution in [3.05, 3.63) is 51.4 Å². The Morgan fingerprint density at radius 2 is 2.00 bits per heavy atom. The minimum Gasteiger partial charge on any atom is -0.478 e. The largest absolute Gasteiger partial charge is 0.478 e. The van der Waals surface area contributed by atoms with Crippen molar-refractivity contribution >= 4 is 28.2 Å². The van der Waals surface area contributed by atoms with E-state index >= 15 is 0 Å². The molecule has 0 aliphatic rings. The summed E-state index contributed by atoms with van der Waals surface area (Å²) >= 11 is 1.31. The number of aryl methyl sites for hydroxylation is 2. The monoisotopic (exact) mass is 303 g/mol. The van der Waals surface area contributed by atoms with Crippen LogP contribution in [0.5, 0.6) is 0 Å². The van der Waals surface area contributed by atoms with Gasteiger partial charge in [0.25, 0.3) is 5.91 Å². The van der Waals surface area contributed by atoms with E-state index in [1.54, 1.807) is 18.2 Å². The van der Waals surface area contributed by atoms with E-state index in [0.29, 0.717) is 17.0 Å². The molecule has 0 saturated carbocycles. The summed E-state index contributed by atoms with van der Waals surface area (Å²) < 4.78 is 0. The highest BCUT2D eigenvalue weighted by molar-refractivity contribution is 7.16. The highest BCUT2D eigenvalue weighted by Crippen LogP contribution is 2.33. The standard InChI is InChI=1S/C16H17NO3S/c1-4-12-10(3)21-15(13(12)16(19)20)17-14(18)11-7-5-6-9(2)8-11/h5-8H,4H2,1-3H3,(H,17,18)(H,19,20). The van der Waals surface area contributed by atoms with Crippen LogP contribution in [0.4, 0.5) is 5.00 Å². The number of amides is 1. The van der Waals surface area contributed by atoms with Gasteiger partial charge in [-0.3, -0.25) is 4.79 Å².